The van der Waals surface area contributed by atoms with Crippen molar-refractivity contribution in [1.82, 2.24) is 4.98 Å². The van der Waals surface area contributed by atoms with E-state index in [9.17, 15) is 9.18 Å². The van der Waals surface area contributed by atoms with Crippen molar-refractivity contribution in [2.75, 3.05) is 18.2 Å². The van der Waals surface area contributed by atoms with Gasteiger partial charge in [0.15, 0.2) is 0 Å². The number of nitrogens with zero attached hydrogens (tertiary/aromatic N) is 1. The molecule has 19 heavy (non-hydrogen) atoms. The predicted molar refractivity (Wildman–Crippen MR) is 69.6 cm³/mol. The van der Waals surface area contributed by atoms with E-state index in [-0.39, 0.29) is 17.1 Å². The first-order valence-corrected chi connectivity index (χ1v) is 5.47. The first kappa shape index (κ1) is 12.8. The number of carbonyl (C=O) groups excluding carboxylic acids is 1. The second-order valence-electron chi connectivity index (χ2n) is 3.75. The van der Waals surface area contributed by atoms with Crippen LogP contribution in [0, 0.1) is 5.82 Å². The van der Waals surface area contributed by atoms with Gasteiger partial charge in [-0.1, -0.05) is 0 Å². The molecule has 0 unspecified atom stereocenters. The summed E-state index contributed by atoms with van der Waals surface area (Å²) < 4.78 is 18.0. The highest BCUT2D eigenvalue weighted by Crippen LogP contribution is 2.19. The lowest BCUT2D eigenvalue weighted by molar-refractivity contribution is 0.102. The number of hydrogen-bond donors (Lipinski definition) is 2. The maximum Gasteiger partial charge on any atom is 0.261 e. The minimum Gasteiger partial charge on any atom is -0.480 e. The van der Waals surface area contributed by atoms with Crippen LogP contribution in [0.5, 0.6) is 5.88 Å². The highest BCUT2D eigenvalue weighted by atomic mass is 19.1. The number of hydrogen-bond acceptors (Lipinski definition) is 4. The molecule has 3 N–H and O–H groups in total. The third-order valence-electron chi connectivity index (χ3n) is 2.46. The van der Waals surface area contributed by atoms with Gasteiger partial charge in [-0.05, 0) is 30.3 Å². The van der Waals surface area contributed by atoms with E-state index < -0.39 is 11.7 Å². The van der Waals surface area contributed by atoms with Gasteiger partial charge in [-0.2, -0.15) is 0 Å². The second kappa shape index (κ2) is 5.34. The Balaban J connectivity index is 2.23. The summed E-state index contributed by atoms with van der Waals surface area (Å²) >= 11 is 0. The van der Waals surface area contributed by atoms with Crippen molar-refractivity contribution in [1.29, 1.82) is 0 Å². The van der Waals surface area contributed by atoms with Crippen molar-refractivity contribution in [2.45, 2.75) is 0 Å². The van der Waals surface area contributed by atoms with Gasteiger partial charge in [-0.3, -0.25) is 4.79 Å². The molecule has 0 radical (unpaired) electrons. The number of methoxy groups -OCH3 is 1. The normalized spacial score (nSPS) is 10.0. The largest absolute Gasteiger partial charge is 0.480 e. The number of rotatable bonds is 3. The van der Waals surface area contributed by atoms with Gasteiger partial charge < -0.3 is 15.8 Å². The molecule has 2 rings (SSSR count). The quantitative estimate of drug-likeness (QED) is 0.829. The van der Waals surface area contributed by atoms with Gasteiger partial charge in [-0.25, -0.2) is 9.37 Å². The Labute approximate surface area is 109 Å². The number of nitrogens with one attached hydrogen (secondary N) is 1. The van der Waals surface area contributed by atoms with Crippen LogP contribution in [0.25, 0.3) is 0 Å². The second-order valence-corrected chi connectivity index (χ2v) is 3.75. The lowest BCUT2D eigenvalue weighted by Crippen LogP contribution is -2.14. The van der Waals surface area contributed by atoms with E-state index in [1.54, 1.807) is 12.1 Å². The number of pyridine rings is 1. The van der Waals surface area contributed by atoms with Crippen LogP contribution in [-0.4, -0.2) is 18.0 Å². The lowest BCUT2D eigenvalue weighted by atomic mass is 10.2. The van der Waals surface area contributed by atoms with Gasteiger partial charge in [0.2, 0.25) is 5.88 Å². The zero-order valence-corrected chi connectivity index (χ0v) is 10.2. The Morgan fingerprint density at radius 3 is 2.89 bits per heavy atom. The van der Waals surface area contributed by atoms with Crippen LogP contribution in [0.2, 0.25) is 0 Å². The summed E-state index contributed by atoms with van der Waals surface area (Å²) in [7, 11) is 1.43. The number of carbonyl (C=O) groups is 1. The highest BCUT2D eigenvalue weighted by molar-refractivity contribution is 6.05. The first-order chi connectivity index (χ1) is 9.11. The Hall–Kier alpha value is -2.63. The average molecular weight is 261 g/mol. The molecule has 0 aliphatic rings. The molecule has 1 aromatic heterocycles. The molecule has 0 aliphatic heterocycles. The van der Waals surface area contributed by atoms with Crippen LogP contribution in [0.15, 0.2) is 36.5 Å². The molecular formula is C13H12FN3O2. The van der Waals surface area contributed by atoms with Crippen molar-refractivity contribution in [3.8, 4) is 5.88 Å². The third kappa shape index (κ3) is 2.79. The van der Waals surface area contributed by atoms with Gasteiger partial charge in [0.1, 0.15) is 11.4 Å². The smallest absolute Gasteiger partial charge is 0.261 e. The summed E-state index contributed by atoms with van der Waals surface area (Å²) in [6, 6.07) is 7.15. The number of halogens is 1. The highest BCUT2D eigenvalue weighted by Gasteiger charge is 2.13. The van der Waals surface area contributed by atoms with Crippen molar-refractivity contribution < 1.29 is 13.9 Å². The molecule has 1 amide bonds. The van der Waals surface area contributed by atoms with Gasteiger partial charge >= 0.3 is 0 Å². The number of nitrogens with two attached hydrogens (primary N) is 1. The Kier molecular flexibility index (Phi) is 3.61. The maximum atomic E-state index is 13.0. The molecule has 0 saturated carbocycles. The van der Waals surface area contributed by atoms with Gasteiger partial charge in [0.05, 0.1) is 12.8 Å². The van der Waals surface area contributed by atoms with Crippen molar-refractivity contribution in [2.24, 2.45) is 0 Å². The molecule has 0 aliphatic carbocycles. The number of aromatic nitrogens is 1. The fraction of sp³-hybridized carbons (Fsp3) is 0.0769. The Morgan fingerprint density at radius 2 is 2.21 bits per heavy atom. The predicted octanol–water partition coefficient (Wildman–Crippen LogP) is 2.06. The van der Waals surface area contributed by atoms with E-state index in [2.05, 4.69) is 10.3 Å². The molecule has 5 nitrogen and oxygen atoms in total. The van der Waals surface area contributed by atoms with E-state index in [0.717, 1.165) is 0 Å². The number of benzene rings is 1. The van der Waals surface area contributed by atoms with Gasteiger partial charge in [0.25, 0.3) is 5.91 Å². The molecule has 0 fully saturated rings. The van der Waals surface area contributed by atoms with Crippen molar-refractivity contribution in [3.05, 3.63) is 47.9 Å². The van der Waals surface area contributed by atoms with Crippen molar-refractivity contribution >= 4 is 17.3 Å². The van der Waals surface area contributed by atoms with Crippen LogP contribution in [0.4, 0.5) is 15.8 Å². The Bertz CT molecular complexity index is 617. The minimum atomic E-state index is -0.531. The average Bonchev–Trinajstić information content (AvgIpc) is 2.43. The Morgan fingerprint density at radius 1 is 1.42 bits per heavy atom. The van der Waals surface area contributed by atoms with E-state index in [1.807, 2.05) is 0 Å². The van der Waals surface area contributed by atoms with Crippen LogP contribution < -0.4 is 15.8 Å². The fourth-order valence-corrected chi connectivity index (χ4v) is 1.55. The van der Waals surface area contributed by atoms with Gasteiger partial charge in [-0.15, -0.1) is 0 Å². The molecule has 6 heteroatoms. The zero-order chi connectivity index (χ0) is 13.8. The zero-order valence-electron chi connectivity index (χ0n) is 10.2. The first-order valence-electron chi connectivity index (χ1n) is 5.47. The summed E-state index contributed by atoms with van der Waals surface area (Å²) in [5.41, 5.74) is 6.08. The molecule has 1 heterocycles. The van der Waals surface area contributed by atoms with Crippen LogP contribution in [0.1, 0.15) is 10.4 Å². The lowest BCUT2D eigenvalue weighted by Gasteiger charge is -2.08. The van der Waals surface area contributed by atoms with E-state index in [4.69, 9.17) is 10.5 Å². The summed E-state index contributed by atoms with van der Waals surface area (Å²) in [6.07, 6.45) is 1.52. The SMILES string of the molecule is COc1ncccc1C(=O)Nc1ccc(F)c(N)c1. The summed E-state index contributed by atoms with van der Waals surface area (Å²) in [5, 5.41) is 2.60. The number of ether oxygens (including phenoxy) is 1. The minimum absolute atomic E-state index is 0.0315. The van der Waals surface area contributed by atoms with E-state index in [1.165, 1.54) is 31.5 Å². The molecule has 0 bridgehead atoms. The summed E-state index contributed by atoms with van der Waals surface area (Å²) in [6.45, 7) is 0. The monoisotopic (exact) mass is 261 g/mol. The molecule has 0 spiro atoms. The molecule has 0 atom stereocenters. The summed E-state index contributed by atoms with van der Waals surface area (Å²) in [4.78, 5) is 15.9. The van der Waals surface area contributed by atoms with Crippen LogP contribution in [-0.2, 0) is 0 Å². The number of anilines is 2. The molecule has 2 aromatic rings. The van der Waals surface area contributed by atoms with Crippen LogP contribution >= 0.6 is 0 Å². The summed E-state index contributed by atoms with van der Waals surface area (Å²) in [5.74, 6) is -0.719. The fourth-order valence-electron chi connectivity index (χ4n) is 1.55. The van der Waals surface area contributed by atoms with E-state index in [0.29, 0.717) is 5.69 Å². The van der Waals surface area contributed by atoms with E-state index >= 15 is 0 Å². The standard InChI is InChI=1S/C13H12FN3O2/c1-19-13-9(3-2-6-16-13)12(18)17-8-4-5-10(14)11(15)7-8/h2-7H,15H2,1H3,(H,17,18). The molecule has 1 aromatic carbocycles. The third-order valence-corrected chi connectivity index (χ3v) is 2.46. The van der Waals surface area contributed by atoms with Crippen LogP contribution in [0.3, 0.4) is 0 Å². The molecular weight excluding hydrogens is 249 g/mol. The van der Waals surface area contributed by atoms with Gasteiger partial charge in [0, 0.05) is 11.9 Å². The van der Waals surface area contributed by atoms with Crippen molar-refractivity contribution in [3.63, 3.8) is 0 Å². The number of nitrogen functional groups attached to an aromatic ring is 1. The molecule has 98 valence electrons. The topological polar surface area (TPSA) is 77.2 Å². The maximum absolute atomic E-state index is 13.0. The molecule has 0 saturated heterocycles. The number of amides is 1.